The molecule has 2 aromatic heterocycles. The summed E-state index contributed by atoms with van der Waals surface area (Å²) in [4.78, 5) is 40.5. The van der Waals surface area contributed by atoms with Crippen molar-refractivity contribution >= 4 is 40.0 Å². The number of rotatable bonds is 7. The third-order valence-corrected chi connectivity index (χ3v) is 10.2. The molecule has 2 aliphatic heterocycles. The number of halogens is 1. The number of nitrogens with zero attached hydrogens (tertiary/aromatic N) is 5. The molecule has 0 unspecified atom stereocenters. The second-order valence-corrected chi connectivity index (χ2v) is 13.9. The van der Waals surface area contributed by atoms with E-state index in [0.29, 0.717) is 30.4 Å². The van der Waals surface area contributed by atoms with Gasteiger partial charge >= 0.3 is 0 Å². The van der Waals surface area contributed by atoms with E-state index in [0.717, 1.165) is 64.2 Å². The quantitative estimate of drug-likeness (QED) is 0.251. The first kappa shape index (κ1) is 30.3. The summed E-state index contributed by atoms with van der Waals surface area (Å²) in [6.07, 6.45) is 3.41. The van der Waals surface area contributed by atoms with E-state index in [1.54, 1.807) is 7.05 Å². The Bertz CT molecular complexity index is 1860. The van der Waals surface area contributed by atoms with Crippen LogP contribution in [0.15, 0.2) is 48.8 Å². The Morgan fingerprint density at radius 1 is 1.09 bits per heavy atom. The van der Waals surface area contributed by atoms with Crippen LogP contribution in [0.25, 0.3) is 22.3 Å². The molecule has 1 saturated carbocycles. The van der Waals surface area contributed by atoms with Gasteiger partial charge in [0.15, 0.2) is 5.82 Å². The number of aryl methyl sites for hydroxylation is 1. The van der Waals surface area contributed by atoms with Gasteiger partial charge < -0.3 is 20.1 Å². The Morgan fingerprint density at radius 3 is 2.57 bits per heavy atom. The van der Waals surface area contributed by atoms with Crippen LogP contribution in [-0.4, -0.2) is 69.6 Å². The number of aromatic nitrogens is 3. The van der Waals surface area contributed by atoms with E-state index in [4.69, 9.17) is 9.97 Å². The number of pyridine rings is 1. The Morgan fingerprint density at radius 2 is 1.87 bits per heavy atom. The SMILES string of the molecule is CNC(=O)c1cc(Nc2nc(-c3ccc4c(c3)N([C@H]3C[C@@H](N5CC[C@@H](F)C5)C3)C(=O)C4(C)C)cc3ncn(C(C)C)c23)ccc1C. The summed E-state index contributed by atoms with van der Waals surface area (Å²) in [6, 6.07) is 14.5. The highest BCUT2D eigenvalue weighted by molar-refractivity contribution is 6.09. The minimum absolute atomic E-state index is 0.0948. The normalized spacial score (nSPS) is 22.4. The molecule has 1 aliphatic carbocycles. The summed E-state index contributed by atoms with van der Waals surface area (Å²) in [5.74, 6) is 0.601. The average molecular weight is 624 g/mol. The van der Waals surface area contributed by atoms with Crippen LogP contribution in [0.2, 0.25) is 0 Å². The summed E-state index contributed by atoms with van der Waals surface area (Å²) in [6.45, 7) is 11.4. The van der Waals surface area contributed by atoms with Gasteiger partial charge in [-0.05, 0) is 89.3 Å². The van der Waals surface area contributed by atoms with E-state index < -0.39 is 11.6 Å². The Balaban J connectivity index is 1.26. The Kier molecular flexibility index (Phi) is 7.38. The van der Waals surface area contributed by atoms with E-state index in [1.165, 1.54) is 0 Å². The number of hydrogen-bond donors (Lipinski definition) is 2. The highest BCUT2D eigenvalue weighted by Gasteiger charge is 2.50. The molecule has 0 radical (unpaired) electrons. The van der Waals surface area contributed by atoms with Crippen molar-refractivity contribution in [3.63, 3.8) is 0 Å². The molecular weight excluding hydrogens is 581 g/mol. The van der Waals surface area contributed by atoms with Gasteiger partial charge in [-0.15, -0.1) is 0 Å². The zero-order valence-corrected chi connectivity index (χ0v) is 27.4. The molecule has 9 nitrogen and oxygen atoms in total. The highest BCUT2D eigenvalue weighted by atomic mass is 19.1. The molecule has 240 valence electrons. The smallest absolute Gasteiger partial charge is 0.251 e. The summed E-state index contributed by atoms with van der Waals surface area (Å²) in [5.41, 5.74) is 6.83. The van der Waals surface area contributed by atoms with E-state index in [9.17, 15) is 14.0 Å². The molecule has 2 amide bonds. The molecule has 0 spiro atoms. The molecule has 7 rings (SSSR count). The zero-order valence-electron chi connectivity index (χ0n) is 27.4. The molecule has 2 N–H and O–H groups in total. The first-order valence-corrected chi connectivity index (χ1v) is 16.3. The minimum Gasteiger partial charge on any atom is -0.355 e. The van der Waals surface area contributed by atoms with Crippen molar-refractivity contribution in [1.82, 2.24) is 24.8 Å². The van der Waals surface area contributed by atoms with E-state index in [2.05, 4.69) is 46.1 Å². The summed E-state index contributed by atoms with van der Waals surface area (Å²) in [5, 5.41) is 6.21. The molecule has 3 aliphatic rings. The van der Waals surface area contributed by atoms with E-state index in [-0.39, 0.29) is 23.9 Å². The van der Waals surface area contributed by atoms with Crippen molar-refractivity contribution in [1.29, 1.82) is 0 Å². The van der Waals surface area contributed by atoms with Crippen molar-refractivity contribution in [3.05, 3.63) is 65.5 Å². The number of benzene rings is 2. The lowest BCUT2D eigenvalue weighted by atomic mass is 9.83. The van der Waals surface area contributed by atoms with Crippen molar-refractivity contribution in [2.24, 2.45) is 0 Å². The number of nitrogens with one attached hydrogen (secondary N) is 2. The molecule has 1 atom stereocenters. The summed E-state index contributed by atoms with van der Waals surface area (Å²) in [7, 11) is 1.63. The fourth-order valence-electron chi connectivity index (χ4n) is 7.35. The maximum atomic E-state index is 13.9. The van der Waals surface area contributed by atoms with Crippen molar-refractivity contribution < 1.29 is 14.0 Å². The van der Waals surface area contributed by atoms with Gasteiger partial charge in [-0.1, -0.05) is 18.2 Å². The highest BCUT2D eigenvalue weighted by Crippen LogP contribution is 2.48. The molecule has 4 aromatic rings. The third-order valence-electron chi connectivity index (χ3n) is 10.2. The third kappa shape index (κ3) is 4.94. The number of carbonyl (C=O) groups is 2. The van der Waals surface area contributed by atoms with Crippen LogP contribution in [0.3, 0.4) is 0 Å². The molecule has 2 fully saturated rings. The lowest BCUT2D eigenvalue weighted by Gasteiger charge is -2.45. The van der Waals surface area contributed by atoms with Crippen molar-refractivity contribution in [3.8, 4) is 11.3 Å². The van der Waals surface area contributed by atoms with Gasteiger partial charge in [0, 0.05) is 60.8 Å². The van der Waals surface area contributed by atoms with Gasteiger partial charge in [-0.3, -0.25) is 14.5 Å². The van der Waals surface area contributed by atoms with Crippen LogP contribution < -0.4 is 15.5 Å². The molecule has 10 heteroatoms. The molecule has 2 aromatic carbocycles. The van der Waals surface area contributed by atoms with Crippen LogP contribution in [-0.2, 0) is 10.2 Å². The van der Waals surface area contributed by atoms with Crippen molar-refractivity contribution in [2.45, 2.75) is 83.6 Å². The predicted octanol–water partition coefficient (Wildman–Crippen LogP) is 6.29. The largest absolute Gasteiger partial charge is 0.355 e. The van der Waals surface area contributed by atoms with Gasteiger partial charge in [0.05, 0.1) is 23.0 Å². The second kappa shape index (κ2) is 11.2. The molecule has 46 heavy (non-hydrogen) atoms. The van der Waals surface area contributed by atoms with Gasteiger partial charge in [0.2, 0.25) is 5.91 Å². The predicted molar refractivity (Wildman–Crippen MR) is 180 cm³/mol. The minimum atomic E-state index is -0.741. The van der Waals surface area contributed by atoms with Gasteiger partial charge in [-0.25, -0.2) is 14.4 Å². The lowest BCUT2D eigenvalue weighted by Crippen LogP contribution is -2.55. The van der Waals surface area contributed by atoms with E-state index >= 15 is 0 Å². The van der Waals surface area contributed by atoms with Gasteiger partial charge in [0.25, 0.3) is 5.91 Å². The summed E-state index contributed by atoms with van der Waals surface area (Å²) >= 11 is 0. The number of alkyl halides is 1. The topological polar surface area (TPSA) is 95.4 Å². The summed E-state index contributed by atoms with van der Waals surface area (Å²) < 4.78 is 16.0. The number of fused-ring (bicyclic) bond motifs is 2. The molecule has 0 bridgehead atoms. The maximum absolute atomic E-state index is 13.9. The number of hydrogen-bond acceptors (Lipinski definition) is 6. The number of imidazole rings is 1. The maximum Gasteiger partial charge on any atom is 0.251 e. The van der Waals surface area contributed by atoms with Gasteiger partial charge in [-0.2, -0.15) is 0 Å². The molecule has 4 heterocycles. The Labute approximate surface area is 269 Å². The monoisotopic (exact) mass is 623 g/mol. The zero-order chi connectivity index (χ0) is 32.5. The van der Waals surface area contributed by atoms with Crippen LogP contribution >= 0.6 is 0 Å². The average Bonchev–Trinajstić information content (AvgIpc) is 3.69. The number of anilines is 3. The second-order valence-electron chi connectivity index (χ2n) is 13.9. The van der Waals surface area contributed by atoms with Crippen LogP contribution in [0, 0.1) is 6.92 Å². The number of amides is 2. The Hall–Kier alpha value is -4.31. The van der Waals surface area contributed by atoms with Gasteiger partial charge in [0.1, 0.15) is 11.7 Å². The molecular formula is C36H42FN7O2. The number of carbonyl (C=O) groups excluding carboxylic acids is 2. The number of likely N-dealkylation sites (tertiary alicyclic amines) is 1. The van der Waals surface area contributed by atoms with Crippen LogP contribution in [0.1, 0.15) is 74.5 Å². The van der Waals surface area contributed by atoms with Crippen LogP contribution in [0.4, 0.5) is 21.6 Å². The first-order chi connectivity index (χ1) is 22.0. The lowest BCUT2D eigenvalue weighted by molar-refractivity contribution is -0.123. The van der Waals surface area contributed by atoms with Crippen LogP contribution in [0.5, 0.6) is 0 Å². The van der Waals surface area contributed by atoms with Crippen molar-refractivity contribution in [2.75, 3.05) is 30.4 Å². The van der Waals surface area contributed by atoms with E-state index in [1.807, 2.05) is 62.3 Å². The first-order valence-electron chi connectivity index (χ1n) is 16.3. The fourth-order valence-corrected chi connectivity index (χ4v) is 7.35. The fraction of sp³-hybridized carbons (Fsp3) is 0.444. The molecule has 1 saturated heterocycles. The standard InChI is InChI=1S/C36H42FN7O2/c1-20(2)43-19-39-30-17-29(41-33(32(30)43)40-24-9-7-21(3)27(14-24)34(45)38-6)22-8-10-28-31(13-22)44(35(46)36(28,4)5)26-15-25(16-26)42-12-11-23(37)18-42/h7-10,13-14,17,19-20,23,25-26H,11-12,15-16,18H2,1-6H3,(H,38,45)(H,40,41)/t23-,25-,26+/m1/s1.